The van der Waals surface area contributed by atoms with E-state index in [1.54, 1.807) is 46.6 Å². The van der Waals surface area contributed by atoms with Gasteiger partial charge in [-0.05, 0) is 76.7 Å². The Labute approximate surface area is 228 Å². The van der Waals surface area contributed by atoms with Crippen LogP contribution in [-0.4, -0.2) is 55.3 Å². The van der Waals surface area contributed by atoms with Crippen molar-refractivity contribution in [3.63, 3.8) is 0 Å². The predicted molar refractivity (Wildman–Crippen MR) is 144 cm³/mol. The maximum atomic E-state index is 15.0. The van der Waals surface area contributed by atoms with E-state index in [9.17, 15) is 23.2 Å². The van der Waals surface area contributed by atoms with Gasteiger partial charge in [0.15, 0.2) is 5.11 Å². The molecule has 204 valence electrons. The minimum absolute atomic E-state index is 0.0311. The highest BCUT2D eigenvalue weighted by atomic mass is 32.1. The summed E-state index contributed by atoms with van der Waals surface area (Å²) in [6.45, 7) is 8.45. The topological polar surface area (TPSA) is 98.8 Å². The van der Waals surface area contributed by atoms with E-state index in [0.29, 0.717) is 5.56 Å². The Morgan fingerprint density at radius 1 is 1.08 bits per heavy atom. The first-order valence-corrected chi connectivity index (χ1v) is 12.7. The molecule has 1 N–H and O–H groups in total. The number of hydrogen-bond donors (Lipinski definition) is 1. The number of ether oxygens (including phenoxy) is 1. The lowest BCUT2D eigenvalue weighted by Gasteiger charge is -2.44. The van der Waals surface area contributed by atoms with E-state index in [1.165, 1.54) is 34.1 Å². The van der Waals surface area contributed by atoms with Crippen LogP contribution in [0.3, 0.4) is 0 Å². The second-order valence-corrected chi connectivity index (χ2v) is 11.5. The van der Waals surface area contributed by atoms with Gasteiger partial charge in [-0.15, -0.1) is 0 Å². The van der Waals surface area contributed by atoms with Crippen molar-refractivity contribution in [3.05, 3.63) is 69.6 Å². The van der Waals surface area contributed by atoms with Crippen molar-refractivity contribution in [1.82, 2.24) is 20.0 Å². The zero-order chi connectivity index (χ0) is 28.6. The molecule has 2 aromatic carbocycles. The number of aromatic amines is 1. The summed E-state index contributed by atoms with van der Waals surface area (Å²) in [5.41, 5.74) is -2.01. The molecular formula is C27H27F2N5O4S. The standard InChI is InChI=1S/C27H27F2N5O4S/c1-26(2,3)38-25(37)33-17-12-15(29)11-16-18(17)19(30-31-22(16)35)21(20(33)13-7-9-14(28)10-8-13)34-23(36)27(4,5)32(6)24(34)39/h7-12,20-21H,1-6H3,(H,31,35). The summed E-state index contributed by atoms with van der Waals surface area (Å²) in [4.78, 5) is 44.7. The molecular weight excluding hydrogens is 528 g/mol. The van der Waals surface area contributed by atoms with Crippen molar-refractivity contribution >= 4 is 45.8 Å². The Hall–Kier alpha value is -3.93. The fourth-order valence-electron chi connectivity index (χ4n) is 5.06. The highest BCUT2D eigenvalue weighted by Crippen LogP contribution is 2.51. The molecule has 2 atom stereocenters. The second kappa shape index (κ2) is 8.80. The summed E-state index contributed by atoms with van der Waals surface area (Å²) in [5, 5.41) is 6.99. The average molecular weight is 556 g/mol. The molecule has 5 rings (SSSR count). The summed E-state index contributed by atoms with van der Waals surface area (Å²) >= 11 is 5.71. The predicted octanol–water partition coefficient (Wildman–Crippen LogP) is 4.58. The lowest BCUT2D eigenvalue weighted by atomic mass is 9.86. The van der Waals surface area contributed by atoms with Gasteiger partial charge in [-0.1, -0.05) is 12.1 Å². The van der Waals surface area contributed by atoms with Crippen LogP contribution in [0.4, 0.5) is 19.3 Å². The van der Waals surface area contributed by atoms with Gasteiger partial charge >= 0.3 is 6.09 Å². The van der Waals surface area contributed by atoms with Crippen LogP contribution in [0.1, 0.15) is 58.0 Å². The van der Waals surface area contributed by atoms with Crippen LogP contribution in [0, 0.1) is 11.6 Å². The molecule has 1 saturated heterocycles. The number of hydrogen-bond acceptors (Lipinski definition) is 6. The fraction of sp³-hybridized carbons (Fsp3) is 0.370. The molecule has 0 radical (unpaired) electrons. The SMILES string of the molecule is CN1C(=S)N(C2c3n[nH]c(=O)c4cc(F)cc(c34)N(C(=O)OC(C)(C)C)C2c2ccc(F)cc2)C(=O)C1(C)C. The molecule has 1 aromatic heterocycles. The maximum Gasteiger partial charge on any atom is 0.415 e. The number of nitrogens with zero attached hydrogens (tertiary/aromatic N) is 4. The summed E-state index contributed by atoms with van der Waals surface area (Å²) in [6, 6.07) is 5.37. The van der Waals surface area contributed by atoms with E-state index < -0.39 is 46.5 Å². The minimum atomic E-state index is -1.08. The number of likely N-dealkylation sites (N-methyl/N-ethyl adjacent to an activating group) is 1. The zero-order valence-electron chi connectivity index (χ0n) is 22.2. The summed E-state index contributed by atoms with van der Waals surface area (Å²) in [6.07, 6.45) is -0.857. The van der Waals surface area contributed by atoms with Crippen LogP contribution in [0.25, 0.3) is 10.8 Å². The van der Waals surface area contributed by atoms with Gasteiger partial charge in [0, 0.05) is 12.4 Å². The van der Waals surface area contributed by atoms with Crippen LogP contribution in [-0.2, 0) is 9.53 Å². The monoisotopic (exact) mass is 555 g/mol. The number of rotatable bonds is 2. The Morgan fingerprint density at radius 2 is 1.72 bits per heavy atom. The molecule has 1 fully saturated rings. The lowest BCUT2D eigenvalue weighted by molar-refractivity contribution is -0.133. The minimum Gasteiger partial charge on any atom is -0.443 e. The molecule has 3 aromatic rings. The Morgan fingerprint density at radius 3 is 2.28 bits per heavy atom. The van der Waals surface area contributed by atoms with E-state index in [0.717, 1.165) is 12.1 Å². The van der Waals surface area contributed by atoms with Gasteiger partial charge in [0.1, 0.15) is 28.8 Å². The van der Waals surface area contributed by atoms with Crippen molar-refractivity contribution < 1.29 is 23.1 Å². The van der Waals surface area contributed by atoms with E-state index in [2.05, 4.69) is 10.2 Å². The first kappa shape index (κ1) is 26.7. The van der Waals surface area contributed by atoms with E-state index in [4.69, 9.17) is 17.0 Å². The third kappa shape index (κ3) is 4.13. The number of aromatic nitrogens is 2. The fourth-order valence-corrected chi connectivity index (χ4v) is 5.49. The summed E-state index contributed by atoms with van der Waals surface area (Å²) in [7, 11) is 1.68. The molecule has 0 aliphatic carbocycles. The number of halogens is 2. The number of anilines is 1. The molecule has 39 heavy (non-hydrogen) atoms. The number of amides is 2. The first-order chi connectivity index (χ1) is 18.1. The number of nitrogens with one attached hydrogen (secondary N) is 1. The zero-order valence-corrected chi connectivity index (χ0v) is 23.0. The summed E-state index contributed by atoms with van der Waals surface area (Å²) in [5.74, 6) is -1.65. The third-order valence-corrected chi connectivity index (χ3v) is 7.60. The van der Waals surface area contributed by atoms with Gasteiger partial charge < -0.3 is 9.64 Å². The van der Waals surface area contributed by atoms with E-state index in [1.807, 2.05) is 0 Å². The van der Waals surface area contributed by atoms with Crippen LogP contribution in [0.5, 0.6) is 0 Å². The highest BCUT2D eigenvalue weighted by molar-refractivity contribution is 7.80. The largest absolute Gasteiger partial charge is 0.443 e. The molecule has 2 amide bonds. The molecule has 12 heteroatoms. The quantitative estimate of drug-likeness (QED) is 0.463. The average Bonchev–Trinajstić information content (AvgIpc) is 2.99. The Bertz CT molecular complexity index is 1600. The Kier molecular flexibility index (Phi) is 6.02. The van der Waals surface area contributed by atoms with E-state index >= 15 is 0 Å². The lowest BCUT2D eigenvalue weighted by Crippen LogP contribution is -2.50. The molecule has 2 unspecified atom stereocenters. The van der Waals surface area contributed by atoms with Crippen molar-refractivity contribution in [1.29, 1.82) is 0 Å². The molecule has 2 aliphatic heterocycles. The molecule has 3 heterocycles. The first-order valence-electron chi connectivity index (χ1n) is 12.2. The number of thiocarbonyl (C=S) groups is 1. The maximum absolute atomic E-state index is 15.0. The van der Waals surface area contributed by atoms with Gasteiger partial charge in [0.25, 0.3) is 11.5 Å². The second-order valence-electron chi connectivity index (χ2n) is 11.2. The van der Waals surface area contributed by atoms with Crippen LogP contribution in [0.2, 0.25) is 0 Å². The summed E-state index contributed by atoms with van der Waals surface area (Å²) < 4.78 is 34.7. The van der Waals surface area contributed by atoms with Crippen molar-refractivity contribution in [3.8, 4) is 0 Å². The van der Waals surface area contributed by atoms with Gasteiger partial charge in [0.05, 0.1) is 22.8 Å². The molecule has 0 spiro atoms. The van der Waals surface area contributed by atoms with Crippen molar-refractivity contribution in [2.45, 2.75) is 57.8 Å². The van der Waals surface area contributed by atoms with Crippen molar-refractivity contribution in [2.24, 2.45) is 0 Å². The third-order valence-electron chi connectivity index (χ3n) is 7.13. The molecule has 2 aliphatic rings. The molecule has 0 bridgehead atoms. The molecule has 9 nitrogen and oxygen atoms in total. The van der Waals surface area contributed by atoms with Crippen LogP contribution < -0.4 is 10.5 Å². The smallest absolute Gasteiger partial charge is 0.415 e. The van der Waals surface area contributed by atoms with Gasteiger partial charge in [-0.2, -0.15) is 5.10 Å². The number of H-pyrrole nitrogens is 1. The van der Waals surface area contributed by atoms with Gasteiger partial charge in [-0.25, -0.2) is 18.7 Å². The number of carbonyl (C=O) groups excluding carboxylic acids is 2. The highest BCUT2D eigenvalue weighted by Gasteiger charge is 2.55. The molecule has 0 saturated carbocycles. The van der Waals surface area contributed by atoms with Gasteiger partial charge in [0.2, 0.25) is 0 Å². The van der Waals surface area contributed by atoms with Gasteiger partial charge in [-0.3, -0.25) is 19.4 Å². The van der Waals surface area contributed by atoms with Crippen LogP contribution >= 0.6 is 12.2 Å². The Balaban J connectivity index is 1.89. The number of carbonyl (C=O) groups is 2. The normalized spacial score (nSPS) is 20.7. The van der Waals surface area contributed by atoms with Crippen molar-refractivity contribution in [2.75, 3.05) is 11.9 Å². The van der Waals surface area contributed by atoms with Crippen LogP contribution in [0.15, 0.2) is 41.2 Å². The number of benzene rings is 2. The van der Waals surface area contributed by atoms with E-state index in [-0.39, 0.29) is 33.2 Å².